The van der Waals surface area contributed by atoms with Crippen LogP contribution in [0.4, 0.5) is 5.69 Å². The first-order chi connectivity index (χ1) is 13.4. The van der Waals surface area contributed by atoms with E-state index in [1.165, 1.54) is 13.2 Å². The van der Waals surface area contributed by atoms with Crippen LogP contribution in [0.3, 0.4) is 0 Å². The lowest BCUT2D eigenvalue weighted by Crippen LogP contribution is -2.43. The van der Waals surface area contributed by atoms with Gasteiger partial charge in [-0.25, -0.2) is 0 Å². The molecule has 0 spiro atoms. The Morgan fingerprint density at radius 1 is 1.00 bits per heavy atom. The second-order valence-corrected chi connectivity index (χ2v) is 6.15. The van der Waals surface area contributed by atoms with Gasteiger partial charge >= 0.3 is 0 Å². The maximum Gasteiger partial charge on any atom is 0.262 e. The number of anilines is 1. The van der Waals surface area contributed by atoms with Crippen LogP contribution in [0.5, 0.6) is 11.5 Å². The van der Waals surface area contributed by atoms with E-state index < -0.39 is 5.91 Å². The van der Waals surface area contributed by atoms with Crippen LogP contribution in [-0.2, 0) is 9.59 Å². The van der Waals surface area contributed by atoms with Gasteiger partial charge in [0.25, 0.3) is 11.8 Å². The number of hydrogen-bond donors (Lipinski definition) is 3. The lowest BCUT2D eigenvalue weighted by molar-refractivity contribution is -0.125. The highest BCUT2D eigenvalue weighted by Gasteiger charge is 2.05. The highest BCUT2D eigenvalue weighted by atomic mass is 16.5. The van der Waals surface area contributed by atoms with Gasteiger partial charge in [0.05, 0.1) is 20.8 Å². The Hall–Kier alpha value is -3.48. The molecule has 2 rings (SSSR count). The first kappa shape index (κ1) is 20.8. The summed E-state index contributed by atoms with van der Waals surface area (Å²) in [6, 6.07) is 11.2. The van der Waals surface area contributed by atoms with Crippen LogP contribution in [0.1, 0.15) is 16.7 Å². The molecule has 7 heteroatoms. The van der Waals surface area contributed by atoms with Crippen LogP contribution < -0.4 is 25.6 Å². The molecule has 3 N–H and O–H groups in total. The molecule has 0 bridgehead atoms. The number of carbonyl (C=O) groups excluding carboxylic acids is 2. The molecule has 0 radical (unpaired) electrons. The number of nitrogens with one attached hydrogen (secondary N) is 3. The van der Waals surface area contributed by atoms with Crippen molar-refractivity contribution in [3.8, 4) is 11.5 Å². The summed E-state index contributed by atoms with van der Waals surface area (Å²) in [5.41, 5.74) is 8.49. The van der Waals surface area contributed by atoms with Gasteiger partial charge in [-0.05, 0) is 43.7 Å². The molecule has 2 amide bonds. The van der Waals surface area contributed by atoms with Crippen molar-refractivity contribution >= 4 is 23.6 Å². The third-order valence-electron chi connectivity index (χ3n) is 4.00. The molecule has 0 atom stereocenters. The molecular formula is C21H25N3O4. The number of ether oxygens (including phenoxy) is 2. The van der Waals surface area contributed by atoms with E-state index in [9.17, 15) is 9.59 Å². The first-order valence-electron chi connectivity index (χ1n) is 8.73. The zero-order valence-corrected chi connectivity index (χ0v) is 16.5. The van der Waals surface area contributed by atoms with Gasteiger partial charge < -0.3 is 14.8 Å². The van der Waals surface area contributed by atoms with E-state index in [1.807, 2.05) is 32.0 Å². The van der Waals surface area contributed by atoms with Crippen LogP contribution in [0.25, 0.3) is 6.08 Å². The SMILES string of the molecule is COc1ccc(/C=C/C(=O)NNC(=O)CNc2ccc(C)cc2C)c(OC)c1. The van der Waals surface area contributed by atoms with Crippen molar-refractivity contribution in [3.05, 3.63) is 59.2 Å². The van der Waals surface area contributed by atoms with Crippen molar-refractivity contribution in [2.45, 2.75) is 13.8 Å². The molecule has 28 heavy (non-hydrogen) atoms. The Kier molecular flexibility index (Phi) is 7.45. The predicted molar refractivity (Wildman–Crippen MR) is 109 cm³/mol. The summed E-state index contributed by atoms with van der Waals surface area (Å²) in [5, 5.41) is 3.04. The highest BCUT2D eigenvalue weighted by molar-refractivity contribution is 5.93. The number of rotatable bonds is 7. The number of aryl methyl sites for hydroxylation is 2. The average molecular weight is 383 g/mol. The quantitative estimate of drug-likeness (QED) is 0.505. The number of hydrogen-bond acceptors (Lipinski definition) is 5. The van der Waals surface area contributed by atoms with Crippen molar-refractivity contribution < 1.29 is 19.1 Å². The standard InChI is InChI=1S/C21H25N3O4/c1-14-5-9-18(15(2)11-14)22-13-21(26)24-23-20(25)10-7-16-6-8-17(27-3)12-19(16)28-4/h5-12,22H,13H2,1-4H3,(H,23,25)(H,24,26)/b10-7+. The maximum atomic E-state index is 11.9. The molecule has 0 fully saturated rings. The fourth-order valence-corrected chi connectivity index (χ4v) is 2.53. The normalized spacial score (nSPS) is 10.4. The van der Waals surface area contributed by atoms with E-state index in [4.69, 9.17) is 9.47 Å². The second kappa shape index (κ2) is 10.0. The Morgan fingerprint density at radius 2 is 1.79 bits per heavy atom. The van der Waals surface area contributed by atoms with Crippen LogP contribution in [0, 0.1) is 13.8 Å². The number of hydrazine groups is 1. The minimum absolute atomic E-state index is 0.0419. The minimum atomic E-state index is -0.460. The number of carbonyl (C=O) groups is 2. The van der Waals surface area contributed by atoms with E-state index in [2.05, 4.69) is 16.2 Å². The van der Waals surface area contributed by atoms with Gasteiger partial charge in [-0.3, -0.25) is 20.4 Å². The topological polar surface area (TPSA) is 88.7 Å². The Bertz CT molecular complexity index is 878. The second-order valence-electron chi connectivity index (χ2n) is 6.15. The molecule has 0 aromatic heterocycles. The molecule has 0 aliphatic carbocycles. The molecule has 0 unspecified atom stereocenters. The van der Waals surface area contributed by atoms with Gasteiger partial charge in [-0.2, -0.15) is 0 Å². The number of benzene rings is 2. The Balaban J connectivity index is 1.83. The first-order valence-corrected chi connectivity index (χ1v) is 8.73. The van der Waals surface area contributed by atoms with E-state index in [0.29, 0.717) is 17.1 Å². The fourth-order valence-electron chi connectivity index (χ4n) is 2.53. The zero-order chi connectivity index (χ0) is 20.5. The zero-order valence-electron chi connectivity index (χ0n) is 16.5. The van der Waals surface area contributed by atoms with E-state index in [0.717, 1.165) is 16.8 Å². The maximum absolute atomic E-state index is 11.9. The lowest BCUT2D eigenvalue weighted by atomic mass is 10.1. The molecule has 0 aliphatic rings. The summed E-state index contributed by atoms with van der Waals surface area (Å²) in [5.74, 6) is 0.411. The van der Waals surface area contributed by atoms with E-state index in [1.54, 1.807) is 31.4 Å². The van der Waals surface area contributed by atoms with Gasteiger partial charge in [0, 0.05) is 23.4 Å². The van der Waals surface area contributed by atoms with Crippen molar-refractivity contribution in [1.29, 1.82) is 0 Å². The predicted octanol–water partition coefficient (Wildman–Crippen LogP) is 2.59. The third-order valence-corrected chi connectivity index (χ3v) is 4.00. The third kappa shape index (κ3) is 6.05. The Labute approximate surface area is 164 Å². The molecule has 2 aromatic carbocycles. The molecule has 148 valence electrons. The number of methoxy groups -OCH3 is 2. The molecule has 0 saturated heterocycles. The van der Waals surface area contributed by atoms with Crippen LogP contribution in [0.15, 0.2) is 42.5 Å². The molecule has 0 aliphatic heterocycles. The largest absolute Gasteiger partial charge is 0.497 e. The van der Waals surface area contributed by atoms with Crippen molar-refractivity contribution in [2.24, 2.45) is 0 Å². The minimum Gasteiger partial charge on any atom is -0.497 e. The van der Waals surface area contributed by atoms with Crippen LogP contribution >= 0.6 is 0 Å². The van der Waals surface area contributed by atoms with Gasteiger partial charge in [0.15, 0.2) is 0 Å². The molecule has 2 aromatic rings. The monoisotopic (exact) mass is 383 g/mol. The molecular weight excluding hydrogens is 358 g/mol. The fraction of sp³-hybridized carbons (Fsp3) is 0.238. The van der Waals surface area contributed by atoms with Gasteiger partial charge in [0.2, 0.25) is 0 Å². The van der Waals surface area contributed by atoms with E-state index >= 15 is 0 Å². The van der Waals surface area contributed by atoms with E-state index in [-0.39, 0.29) is 12.5 Å². The molecule has 0 heterocycles. The summed E-state index contributed by atoms with van der Waals surface area (Å²) in [6.45, 7) is 4.02. The smallest absolute Gasteiger partial charge is 0.262 e. The summed E-state index contributed by atoms with van der Waals surface area (Å²) < 4.78 is 10.4. The number of amides is 2. The summed E-state index contributed by atoms with van der Waals surface area (Å²) >= 11 is 0. The van der Waals surface area contributed by atoms with Crippen LogP contribution in [0.2, 0.25) is 0 Å². The Morgan fingerprint density at radius 3 is 2.46 bits per heavy atom. The molecule has 7 nitrogen and oxygen atoms in total. The highest BCUT2D eigenvalue weighted by Crippen LogP contribution is 2.25. The lowest BCUT2D eigenvalue weighted by Gasteiger charge is -2.10. The van der Waals surface area contributed by atoms with Crippen molar-refractivity contribution in [3.63, 3.8) is 0 Å². The summed E-state index contributed by atoms with van der Waals surface area (Å²) in [7, 11) is 3.10. The van der Waals surface area contributed by atoms with Crippen LogP contribution in [-0.4, -0.2) is 32.6 Å². The summed E-state index contributed by atoms with van der Waals surface area (Å²) in [6.07, 6.45) is 2.90. The van der Waals surface area contributed by atoms with Gasteiger partial charge in [-0.1, -0.05) is 17.7 Å². The van der Waals surface area contributed by atoms with Crippen molar-refractivity contribution in [2.75, 3.05) is 26.1 Å². The molecule has 0 saturated carbocycles. The van der Waals surface area contributed by atoms with Gasteiger partial charge in [0.1, 0.15) is 11.5 Å². The van der Waals surface area contributed by atoms with Gasteiger partial charge in [-0.15, -0.1) is 0 Å². The summed E-state index contributed by atoms with van der Waals surface area (Å²) in [4.78, 5) is 23.8. The van der Waals surface area contributed by atoms with Crippen molar-refractivity contribution in [1.82, 2.24) is 10.9 Å². The average Bonchev–Trinajstić information content (AvgIpc) is 2.69.